The monoisotopic (exact) mass is 200 g/mol. The quantitative estimate of drug-likeness (QED) is 0.637. The van der Waals surface area contributed by atoms with E-state index < -0.39 is 0 Å². The third-order valence-electron chi connectivity index (χ3n) is 3.00. The Balaban J connectivity index is 2.59. The molecule has 0 saturated carbocycles. The van der Waals surface area contributed by atoms with Crippen LogP contribution in [0.2, 0.25) is 0 Å². The highest BCUT2D eigenvalue weighted by molar-refractivity contribution is 5.87. The molecule has 2 aromatic rings. The Hall–Kier alpha value is -1.77. The summed E-state index contributed by atoms with van der Waals surface area (Å²) in [6, 6.07) is 6.87. The molecule has 1 aromatic carbocycles. The van der Waals surface area contributed by atoms with Gasteiger partial charge in [-0.1, -0.05) is 23.9 Å². The lowest BCUT2D eigenvalue weighted by Crippen LogP contribution is -2.24. The van der Waals surface area contributed by atoms with E-state index in [9.17, 15) is 9.90 Å². The van der Waals surface area contributed by atoms with Gasteiger partial charge in [0, 0.05) is 6.54 Å². The molecule has 0 atom stereocenters. The summed E-state index contributed by atoms with van der Waals surface area (Å²) in [6.45, 7) is 0.729. The molecule has 1 aromatic heterocycles. The summed E-state index contributed by atoms with van der Waals surface area (Å²) in [5, 5.41) is 12.3. The number of aromatic nitrogens is 1. The van der Waals surface area contributed by atoms with Crippen molar-refractivity contribution in [2.24, 2.45) is 0 Å². The molecule has 0 aliphatic carbocycles. The summed E-state index contributed by atoms with van der Waals surface area (Å²) in [5.41, 5.74) is 1.80. The lowest BCUT2D eigenvalue weighted by Gasteiger charge is -2.22. The van der Waals surface area contributed by atoms with Crippen molar-refractivity contribution in [3.05, 3.63) is 40.2 Å². The molecule has 3 nitrogen and oxygen atoms in total. The molecule has 76 valence electrons. The van der Waals surface area contributed by atoms with Crippen molar-refractivity contribution >= 4 is 10.9 Å². The van der Waals surface area contributed by atoms with Crippen LogP contribution in [0.1, 0.15) is 12.0 Å². The van der Waals surface area contributed by atoms with Crippen LogP contribution in [-0.2, 0) is 13.0 Å². The topological polar surface area (TPSA) is 45.1 Å². The maximum absolute atomic E-state index is 11.6. The minimum Gasteiger partial charge on any atom is -0.872 e. The van der Waals surface area contributed by atoms with Gasteiger partial charge in [0.15, 0.2) is 0 Å². The minimum absolute atomic E-state index is 0.157. The fourth-order valence-corrected chi connectivity index (χ4v) is 2.34. The van der Waals surface area contributed by atoms with Crippen molar-refractivity contribution in [2.75, 3.05) is 0 Å². The van der Waals surface area contributed by atoms with Crippen molar-refractivity contribution < 1.29 is 5.11 Å². The van der Waals surface area contributed by atoms with Crippen LogP contribution in [0.3, 0.4) is 0 Å². The maximum Gasteiger partial charge on any atom is 0.250 e. The maximum atomic E-state index is 11.6. The molecule has 0 unspecified atom stereocenters. The van der Waals surface area contributed by atoms with Crippen LogP contribution in [0, 0.1) is 0 Å². The fraction of sp³-hybridized carbons (Fsp3) is 0.250. The summed E-state index contributed by atoms with van der Waals surface area (Å²) in [6.07, 6.45) is 1.93. The Morgan fingerprint density at radius 3 is 3.07 bits per heavy atom. The highest BCUT2D eigenvalue weighted by atomic mass is 16.3. The molecule has 3 heteroatoms. The van der Waals surface area contributed by atoms with Crippen LogP contribution < -0.4 is 10.7 Å². The van der Waals surface area contributed by atoms with E-state index in [0.717, 1.165) is 30.5 Å². The number of rotatable bonds is 0. The van der Waals surface area contributed by atoms with Gasteiger partial charge in [0.2, 0.25) is 5.56 Å². The standard InChI is InChI=1S/C12H11NO2/c14-10-7-11(15)13-6-2-4-8-3-1-5-9(10)12(8)13/h1,3,5,7,14H,2,4,6H2/p-1. The number of aryl methyl sites for hydroxylation is 2. The Morgan fingerprint density at radius 2 is 2.20 bits per heavy atom. The molecular formula is C12H10NO2-. The molecule has 1 aliphatic rings. The molecular weight excluding hydrogens is 190 g/mol. The van der Waals surface area contributed by atoms with E-state index in [0.29, 0.717) is 5.39 Å². The average molecular weight is 200 g/mol. The first-order valence-corrected chi connectivity index (χ1v) is 5.10. The van der Waals surface area contributed by atoms with Crippen molar-refractivity contribution in [3.8, 4) is 5.75 Å². The van der Waals surface area contributed by atoms with Crippen LogP contribution in [-0.4, -0.2) is 4.57 Å². The molecule has 0 saturated heterocycles. The molecule has 0 radical (unpaired) electrons. The van der Waals surface area contributed by atoms with Gasteiger partial charge >= 0.3 is 0 Å². The van der Waals surface area contributed by atoms with Gasteiger partial charge in [0.05, 0.1) is 5.52 Å². The number of hydrogen-bond donors (Lipinski definition) is 0. The highest BCUT2D eigenvalue weighted by Gasteiger charge is 2.12. The largest absolute Gasteiger partial charge is 0.872 e. The molecule has 1 aliphatic heterocycles. The number of para-hydroxylation sites is 1. The molecule has 2 heterocycles. The second-order valence-corrected chi connectivity index (χ2v) is 3.92. The van der Waals surface area contributed by atoms with E-state index in [1.165, 1.54) is 6.07 Å². The summed E-state index contributed by atoms with van der Waals surface area (Å²) in [7, 11) is 0. The highest BCUT2D eigenvalue weighted by Crippen LogP contribution is 2.27. The molecule has 0 bridgehead atoms. The first kappa shape index (κ1) is 8.53. The van der Waals surface area contributed by atoms with E-state index in [4.69, 9.17) is 0 Å². The van der Waals surface area contributed by atoms with E-state index in [1.807, 2.05) is 12.1 Å². The first-order chi connectivity index (χ1) is 7.27. The second kappa shape index (κ2) is 2.86. The van der Waals surface area contributed by atoms with Gasteiger partial charge in [0.25, 0.3) is 0 Å². The van der Waals surface area contributed by atoms with Gasteiger partial charge in [0.1, 0.15) is 0 Å². The molecule has 15 heavy (non-hydrogen) atoms. The lowest BCUT2D eigenvalue weighted by atomic mass is 10.0. The second-order valence-electron chi connectivity index (χ2n) is 3.92. The van der Waals surface area contributed by atoms with Gasteiger partial charge in [-0.05, 0) is 29.9 Å². The summed E-state index contributed by atoms with van der Waals surface area (Å²) in [5.74, 6) is -0.157. The smallest absolute Gasteiger partial charge is 0.250 e. The Morgan fingerprint density at radius 1 is 1.33 bits per heavy atom. The van der Waals surface area contributed by atoms with E-state index in [1.54, 1.807) is 10.6 Å². The SMILES string of the molecule is O=c1cc([O-])c2cccc3c2n1CCC3. The fourth-order valence-electron chi connectivity index (χ4n) is 2.34. The minimum atomic E-state index is -0.167. The third kappa shape index (κ3) is 1.09. The molecule has 0 N–H and O–H groups in total. The van der Waals surface area contributed by atoms with E-state index >= 15 is 0 Å². The van der Waals surface area contributed by atoms with Crippen LogP contribution in [0.15, 0.2) is 29.1 Å². The van der Waals surface area contributed by atoms with Gasteiger partial charge < -0.3 is 9.67 Å². The Bertz CT molecular complexity index is 598. The van der Waals surface area contributed by atoms with Crippen molar-refractivity contribution in [2.45, 2.75) is 19.4 Å². The van der Waals surface area contributed by atoms with Crippen LogP contribution >= 0.6 is 0 Å². The van der Waals surface area contributed by atoms with Crippen molar-refractivity contribution in [1.82, 2.24) is 4.57 Å². The zero-order valence-electron chi connectivity index (χ0n) is 8.19. The van der Waals surface area contributed by atoms with Crippen molar-refractivity contribution in [3.63, 3.8) is 0 Å². The summed E-state index contributed by atoms with van der Waals surface area (Å²) < 4.78 is 1.72. The number of pyridine rings is 1. The molecule has 0 amide bonds. The third-order valence-corrected chi connectivity index (χ3v) is 3.00. The predicted octanol–water partition coefficient (Wildman–Crippen LogP) is 1.02. The Labute approximate surface area is 86.6 Å². The summed E-state index contributed by atoms with van der Waals surface area (Å²) >= 11 is 0. The van der Waals surface area contributed by atoms with E-state index in [2.05, 4.69) is 0 Å². The summed E-state index contributed by atoms with van der Waals surface area (Å²) in [4.78, 5) is 11.6. The van der Waals surface area contributed by atoms with Gasteiger partial charge in [-0.15, -0.1) is 0 Å². The van der Waals surface area contributed by atoms with Crippen molar-refractivity contribution in [1.29, 1.82) is 0 Å². The van der Waals surface area contributed by atoms with Gasteiger partial charge in [-0.3, -0.25) is 4.79 Å². The van der Waals surface area contributed by atoms with E-state index in [-0.39, 0.29) is 11.3 Å². The molecule has 0 fully saturated rings. The molecule has 3 rings (SSSR count). The normalized spacial score (nSPS) is 14.4. The van der Waals surface area contributed by atoms with Crippen LogP contribution in [0.25, 0.3) is 10.9 Å². The predicted molar refractivity (Wildman–Crippen MR) is 56.0 cm³/mol. The average Bonchev–Trinajstić information content (AvgIpc) is 2.25. The zero-order valence-corrected chi connectivity index (χ0v) is 8.19. The molecule has 0 spiro atoms. The van der Waals surface area contributed by atoms with Crippen LogP contribution in [0.4, 0.5) is 0 Å². The number of benzene rings is 1. The zero-order chi connectivity index (χ0) is 10.4. The first-order valence-electron chi connectivity index (χ1n) is 5.10. The number of hydrogen-bond acceptors (Lipinski definition) is 2. The Kier molecular flexibility index (Phi) is 1.63. The number of nitrogens with zero attached hydrogens (tertiary/aromatic N) is 1. The van der Waals surface area contributed by atoms with Crippen LogP contribution in [0.5, 0.6) is 5.75 Å². The van der Waals surface area contributed by atoms with Gasteiger partial charge in [-0.25, -0.2) is 0 Å². The lowest BCUT2D eigenvalue weighted by molar-refractivity contribution is -0.266. The van der Waals surface area contributed by atoms with Gasteiger partial charge in [-0.2, -0.15) is 0 Å².